The highest BCUT2D eigenvalue weighted by Gasteiger charge is 2.07. The van der Waals surface area contributed by atoms with Crippen molar-refractivity contribution in [1.29, 1.82) is 0 Å². The van der Waals surface area contributed by atoms with Gasteiger partial charge in [0.2, 0.25) is 0 Å². The minimum Gasteiger partial charge on any atom is -0.398 e. The summed E-state index contributed by atoms with van der Waals surface area (Å²) in [5, 5.41) is 4.99. The van der Waals surface area contributed by atoms with Gasteiger partial charge < -0.3 is 11.1 Å². The van der Waals surface area contributed by atoms with Gasteiger partial charge in [0, 0.05) is 28.3 Å². The van der Waals surface area contributed by atoms with Crippen LogP contribution >= 0.6 is 0 Å². The number of hydrogen-bond donors (Lipinski definition) is 2. The van der Waals surface area contributed by atoms with Crippen LogP contribution in [0, 0.1) is 12.7 Å². The molecule has 0 aliphatic carbocycles. The number of nitrogens with one attached hydrogen (secondary N) is 1. The summed E-state index contributed by atoms with van der Waals surface area (Å²) < 4.78 is 13.2. The van der Waals surface area contributed by atoms with Gasteiger partial charge >= 0.3 is 0 Å². The molecule has 0 atom stereocenters. The Labute approximate surface area is 116 Å². The van der Waals surface area contributed by atoms with Crippen molar-refractivity contribution < 1.29 is 4.39 Å². The molecule has 3 nitrogen and oxygen atoms in total. The SMILES string of the molecule is Cc1ccc2c(Nc3cccc(F)c3)nccc2c1N. The van der Waals surface area contributed by atoms with E-state index in [4.69, 9.17) is 5.73 Å². The summed E-state index contributed by atoms with van der Waals surface area (Å²) in [6.07, 6.45) is 1.69. The van der Waals surface area contributed by atoms with E-state index >= 15 is 0 Å². The topological polar surface area (TPSA) is 50.9 Å². The Morgan fingerprint density at radius 2 is 1.95 bits per heavy atom. The molecule has 0 radical (unpaired) electrons. The molecule has 100 valence electrons. The molecule has 4 heteroatoms. The van der Waals surface area contributed by atoms with Gasteiger partial charge in [-0.2, -0.15) is 0 Å². The summed E-state index contributed by atoms with van der Waals surface area (Å²) in [7, 11) is 0. The predicted molar refractivity (Wildman–Crippen MR) is 80.6 cm³/mol. The maximum absolute atomic E-state index is 13.2. The van der Waals surface area contributed by atoms with Crippen molar-refractivity contribution >= 4 is 28.0 Å². The largest absolute Gasteiger partial charge is 0.398 e. The fourth-order valence-electron chi connectivity index (χ4n) is 2.19. The highest BCUT2D eigenvalue weighted by Crippen LogP contribution is 2.30. The van der Waals surface area contributed by atoms with Crippen LogP contribution in [0.4, 0.5) is 21.6 Å². The molecule has 0 fully saturated rings. The molecular formula is C16H14FN3. The van der Waals surface area contributed by atoms with Crippen LogP contribution in [0.3, 0.4) is 0 Å². The molecule has 0 amide bonds. The van der Waals surface area contributed by atoms with Crippen LogP contribution in [0.2, 0.25) is 0 Å². The molecule has 1 heterocycles. The number of nitrogens with two attached hydrogens (primary N) is 1. The second kappa shape index (κ2) is 4.81. The van der Waals surface area contributed by atoms with Crippen molar-refractivity contribution in [1.82, 2.24) is 4.98 Å². The minimum atomic E-state index is -0.286. The zero-order chi connectivity index (χ0) is 14.1. The number of hydrogen-bond acceptors (Lipinski definition) is 3. The molecule has 20 heavy (non-hydrogen) atoms. The van der Waals surface area contributed by atoms with E-state index in [2.05, 4.69) is 10.3 Å². The molecule has 0 aliphatic rings. The Kier molecular flexibility index (Phi) is 2.99. The van der Waals surface area contributed by atoms with Crippen LogP contribution in [0.5, 0.6) is 0 Å². The van der Waals surface area contributed by atoms with E-state index in [1.165, 1.54) is 12.1 Å². The first-order chi connectivity index (χ1) is 9.65. The molecule has 0 saturated carbocycles. The first kappa shape index (κ1) is 12.4. The lowest BCUT2D eigenvalue weighted by Gasteiger charge is -2.11. The van der Waals surface area contributed by atoms with Crippen LogP contribution in [0.1, 0.15) is 5.56 Å². The van der Waals surface area contributed by atoms with Crippen LogP contribution in [-0.2, 0) is 0 Å². The van der Waals surface area contributed by atoms with Crippen molar-refractivity contribution in [2.75, 3.05) is 11.1 Å². The van der Waals surface area contributed by atoms with E-state index in [1.54, 1.807) is 18.3 Å². The lowest BCUT2D eigenvalue weighted by molar-refractivity contribution is 0.628. The normalized spacial score (nSPS) is 10.7. The van der Waals surface area contributed by atoms with Gasteiger partial charge in [0.1, 0.15) is 11.6 Å². The molecule has 2 aromatic carbocycles. The maximum atomic E-state index is 13.2. The molecule has 3 rings (SSSR count). The van der Waals surface area contributed by atoms with E-state index in [1.807, 2.05) is 25.1 Å². The van der Waals surface area contributed by atoms with Crippen LogP contribution < -0.4 is 11.1 Å². The molecule has 0 spiro atoms. The summed E-state index contributed by atoms with van der Waals surface area (Å²) in [6, 6.07) is 12.1. The molecule has 3 N–H and O–H groups in total. The Morgan fingerprint density at radius 3 is 2.75 bits per heavy atom. The van der Waals surface area contributed by atoms with Gasteiger partial charge in [0.15, 0.2) is 0 Å². The summed E-state index contributed by atoms with van der Waals surface area (Å²) in [5.74, 6) is 0.380. The third kappa shape index (κ3) is 2.16. The second-order valence-corrected chi connectivity index (χ2v) is 4.69. The molecule has 3 aromatic rings. The standard InChI is InChI=1S/C16H14FN3/c1-10-5-6-14-13(15(10)18)7-8-19-16(14)20-12-4-2-3-11(17)9-12/h2-9H,18H2,1H3,(H,19,20). The summed E-state index contributed by atoms with van der Waals surface area (Å²) >= 11 is 0. The first-order valence-electron chi connectivity index (χ1n) is 6.31. The number of anilines is 3. The Morgan fingerprint density at radius 1 is 1.10 bits per heavy atom. The average molecular weight is 267 g/mol. The lowest BCUT2D eigenvalue weighted by Crippen LogP contribution is -1.97. The lowest BCUT2D eigenvalue weighted by atomic mass is 10.1. The summed E-state index contributed by atoms with van der Waals surface area (Å²) in [4.78, 5) is 4.31. The number of pyridine rings is 1. The first-order valence-corrected chi connectivity index (χ1v) is 6.31. The smallest absolute Gasteiger partial charge is 0.138 e. The van der Waals surface area contributed by atoms with Crippen molar-refractivity contribution in [3.8, 4) is 0 Å². The van der Waals surface area contributed by atoms with Gasteiger partial charge in [0.05, 0.1) is 0 Å². The van der Waals surface area contributed by atoms with E-state index in [9.17, 15) is 4.39 Å². The van der Waals surface area contributed by atoms with Crippen molar-refractivity contribution in [2.24, 2.45) is 0 Å². The summed E-state index contributed by atoms with van der Waals surface area (Å²) in [5.41, 5.74) is 8.52. The van der Waals surface area contributed by atoms with E-state index < -0.39 is 0 Å². The van der Waals surface area contributed by atoms with Crippen molar-refractivity contribution in [3.05, 3.63) is 60.0 Å². The van der Waals surface area contributed by atoms with Gasteiger partial charge in [0.25, 0.3) is 0 Å². The third-order valence-corrected chi connectivity index (χ3v) is 3.29. The number of nitrogen functional groups attached to an aromatic ring is 1. The molecule has 0 unspecified atom stereocenters. The van der Waals surface area contributed by atoms with Gasteiger partial charge in [-0.25, -0.2) is 9.37 Å². The van der Waals surface area contributed by atoms with E-state index in [0.29, 0.717) is 11.5 Å². The van der Waals surface area contributed by atoms with E-state index in [-0.39, 0.29) is 5.82 Å². The van der Waals surface area contributed by atoms with Crippen molar-refractivity contribution in [2.45, 2.75) is 6.92 Å². The fraction of sp³-hybridized carbons (Fsp3) is 0.0625. The number of nitrogens with zero attached hydrogens (tertiary/aromatic N) is 1. The number of benzene rings is 2. The Balaban J connectivity index is 2.10. The number of aryl methyl sites for hydroxylation is 1. The number of aromatic nitrogens is 1. The zero-order valence-electron chi connectivity index (χ0n) is 11.0. The fourth-order valence-corrected chi connectivity index (χ4v) is 2.19. The molecule has 1 aromatic heterocycles. The van der Waals surface area contributed by atoms with Gasteiger partial charge in [-0.15, -0.1) is 0 Å². The van der Waals surface area contributed by atoms with Gasteiger partial charge in [-0.1, -0.05) is 18.2 Å². The minimum absolute atomic E-state index is 0.286. The van der Waals surface area contributed by atoms with Gasteiger partial charge in [-0.05, 0) is 36.8 Å². The van der Waals surface area contributed by atoms with Crippen LogP contribution in [0.25, 0.3) is 10.8 Å². The Bertz CT molecular complexity index is 784. The number of rotatable bonds is 2. The highest BCUT2D eigenvalue weighted by atomic mass is 19.1. The second-order valence-electron chi connectivity index (χ2n) is 4.69. The van der Waals surface area contributed by atoms with Crippen LogP contribution in [-0.4, -0.2) is 4.98 Å². The molecule has 0 bridgehead atoms. The third-order valence-electron chi connectivity index (χ3n) is 3.29. The number of fused-ring (bicyclic) bond motifs is 1. The van der Waals surface area contributed by atoms with Crippen LogP contribution in [0.15, 0.2) is 48.7 Å². The molecular weight excluding hydrogens is 253 g/mol. The average Bonchev–Trinajstić information content (AvgIpc) is 2.43. The molecule has 0 aliphatic heterocycles. The van der Waals surface area contributed by atoms with Crippen molar-refractivity contribution in [3.63, 3.8) is 0 Å². The maximum Gasteiger partial charge on any atom is 0.138 e. The summed E-state index contributed by atoms with van der Waals surface area (Å²) in [6.45, 7) is 1.97. The quantitative estimate of drug-likeness (QED) is 0.690. The monoisotopic (exact) mass is 267 g/mol. The Hall–Kier alpha value is -2.62. The van der Waals surface area contributed by atoms with Gasteiger partial charge in [-0.3, -0.25) is 0 Å². The predicted octanol–water partition coefficient (Wildman–Crippen LogP) is 4.01. The zero-order valence-corrected chi connectivity index (χ0v) is 11.0. The number of halogens is 1. The molecule has 0 saturated heterocycles. The van der Waals surface area contributed by atoms with E-state index in [0.717, 1.165) is 22.0 Å². The highest BCUT2D eigenvalue weighted by molar-refractivity contribution is 6.01.